The third-order valence-corrected chi connectivity index (χ3v) is 11.8. The first-order chi connectivity index (χ1) is 38.1. The molecule has 442 valence electrons. The molecule has 2 rings (SSSR count). The highest BCUT2D eigenvalue weighted by Gasteiger charge is 2.61. The number of carbonyl (C=O) groups is 12. The van der Waals surface area contributed by atoms with Crippen LogP contribution in [0.15, 0.2) is 36.4 Å². The fourth-order valence-electron chi connectivity index (χ4n) is 8.41. The summed E-state index contributed by atoms with van der Waals surface area (Å²) in [4.78, 5) is 170. The van der Waals surface area contributed by atoms with Crippen molar-refractivity contribution in [3.05, 3.63) is 58.7 Å². The molecule has 0 saturated heterocycles. The van der Waals surface area contributed by atoms with Gasteiger partial charge in [0, 0.05) is 25.7 Å². The Morgan fingerprint density at radius 3 is 0.438 bits per heavy atom. The van der Waals surface area contributed by atoms with Crippen molar-refractivity contribution in [2.24, 2.45) is 21.7 Å². The molecule has 0 bridgehead atoms. The zero-order chi connectivity index (χ0) is 60.4. The summed E-state index contributed by atoms with van der Waals surface area (Å²) in [5.41, 5.74) is -12.5. The summed E-state index contributed by atoms with van der Waals surface area (Å²) < 4.78 is 63.7. The topological polar surface area (TPSA) is 316 Å². The highest BCUT2D eigenvalue weighted by Crippen LogP contribution is 2.39. The van der Waals surface area contributed by atoms with Crippen LogP contribution in [0.3, 0.4) is 0 Å². The van der Waals surface area contributed by atoms with Gasteiger partial charge in [0.15, 0.2) is 0 Å². The summed E-state index contributed by atoms with van der Waals surface area (Å²) in [5.74, 6) is -16.9. The maximum absolute atomic E-state index is 14.2. The second-order valence-corrected chi connectivity index (χ2v) is 17.1. The molecule has 24 heteroatoms. The van der Waals surface area contributed by atoms with E-state index in [1.54, 1.807) is 0 Å². The number of benzene rings is 2. The maximum Gasteiger partial charge on any atom is 0.335 e. The van der Waals surface area contributed by atoms with Crippen LogP contribution >= 0.6 is 0 Å². The Hall–Kier alpha value is -7.92. The number of hydrogen-bond donors (Lipinski definition) is 0. The highest BCUT2D eigenvalue weighted by atomic mass is 16.6. The van der Waals surface area contributed by atoms with Crippen LogP contribution in [-0.4, -0.2) is 151 Å². The molecule has 0 aliphatic carbocycles. The van der Waals surface area contributed by atoms with Crippen LogP contribution in [0, 0.1) is 21.7 Å². The summed E-state index contributed by atoms with van der Waals surface area (Å²) in [5, 5.41) is 0. The van der Waals surface area contributed by atoms with Gasteiger partial charge in [-0.25, -0.2) is 0 Å². The SMILES string of the molecule is CCOC(=O)C(Cc1cc(CC(C(=O)OCC)(C(=O)OCC)C(=O)OCC)cc(-c2cc(CC(C(=O)OCC)(C(=O)OCC)C(=O)OCC)cc(CC(C(=O)OCC)(C(=O)OCC)C(=O)OCC)c2)c1)(C(=O)OCC)C(=O)OCC. The summed E-state index contributed by atoms with van der Waals surface area (Å²) in [6.07, 6.45) is -3.79. The summed E-state index contributed by atoms with van der Waals surface area (Å²) >= 11 is 0. The van der Waals surface area contributed by atoms with E-state index in [4.69, 9.17) is 56.8 Å². The first-order valence-electron chi connectivity index (χ1n) is 26.4. The van der Waals surface area contributed by atoms with Gasteiger partial charge in [0.05, 0.1) is 79.3 Å². The van der Waals surface area contributed by atoms with Crippen molar-refractivity contribution in [3.63, 3.8) is 0 Å². The molecule has 0 saturated carbocycles. The molecule has 0 spiro atoms. The molecular formula is C56H74O24. The Morgan fingerprint density at radius 1 is 0.225 bits per heavy atom. The van der Waals surface area contributed by atoms with E-state index in [9.17, 15) is 57.5 Å². The largest absolute Gasteiger partial charge is 0.465 e. The molecule has 0 aliphatic rings. The standard InChI is InChI=1S/C56H74O24/c1-13-69-41(57)53(42(58)70-14-2,43(59)71-15-3)31-35-25-36(32-54(44(60)72-16-4,45(61)73-17-5)46(62)74-18-6)28-39(27-35)40-29-37(33-55(47(63)75-19-7,48(64)76-20-8)49(65)77-21-9)26-38(30-40)34-56(50(66)78-22-10,51(67)79-23-11)52(68)80-24-12/h25-30H,13-24,31-34H2,1-12H3. The van der Waals surface area contributed by atoms with E-state index in [-0.39, 0.29) is 113 Å². The Kier molecular flexibility index (Phi) is 27.5. The van der Waals surface area contributed by atoms with E-state index in [1.165, 1.54) is 119 Å². The minimum atomic E-state index is -2.93. The van der Waals surface area contributed by atoms with Crippen LogP contribution < -0.4 is 0 Å². The molecule has 0 atom stereocenters. The molecule has 80 heavy (non-hydrogen) atoms. The minimum absolute atomic E-state index is 0.0837. The fourth-order valence-corrected chi connectivity index (χ4v) is 8.41. The van der Waals surface area contributed by atoms with E-state index < -0.39 is 119 Å². The van der Waals surface area contributed by atoms with Crippen molar-refractivity contribution >= 4 is 71.6 Å². The van der Waals surface area contributed by atoms with Crippen LogP contribution in [0.25, 0.3) is 11.1 Å². The molecule has 24 nitrogen and oxygen atoms in total. The van der Waals surface area contributed by atoms with Gasteiger partial charge in [-0.3, -0.25) is 57.5 Å². The van der Waals surface area contributed by atoms with Crippen molar-refractivity contribution in [2.45, 2.75) is 109 Å². The monoisotopic (exact) mass is 1130 g/mol. The molecular weight excluding hydrogens is 1060 g/mol. The van der Waals surface area contributed by atoms with E-state index in [0.717, 1.165) is 0 Å². The molecule has 0 aromatic heterocycles. The second-order valence-electron chi connectivity index (χ2n) is 17.1. The van der Waals surface area contributed by atoms with E-state index >= 15 is 0 Å². The van der Waals surface area contributed by atoms with Gasteiger partial charge < -0.3 is 56.8 Å². The third kappa shape index (κ3) is 15.3. The van der Waals surface area contributed by atoms with Crippen LogP contribution in [0.2, 0.25) is 0 Å². The van der Waals surface area contributed by atoms with Gasteiger partial charge in [-0.05, 0) is 116 Å². The average molecular weight is 1130 g/mol. The van der Waals surface area contributed by atoms with Crippen molar-refractivity contribution < 1.29 is 114 Å². The molecule has 0 N–H and O–H groups in total. The zero-order valence-electron chi connectivity index (χ0n) is 47.6. The van der Waals surface area contributed by atoms with Crippen LogP contribution in [-0.2, 0) is 140 Å². The molecule has 0 heterocycles. The van der Waals surface area contributed by atoms with Gasteiger partial charge >= 0.3 is 71.6 Å². The quantitative estimate of drug-likeness (QED) is 0.0548. The number of ether oxygens (including phenoxy) is 12. The molecule has 2 aromatic rings. The van der Waals surface area contributed by atoms with Gasteiger partial charge in [0.25, 0.3) is 21.7 Å². The number of rotatable bonds is 33. The van der Waals surface area contributed by atoms with Gasteiger partial charge in [-0.2, -0.15) is 0 Å². The van der Waals surface area contributed by atoms with Gasteiger partial charge in [0.1, 0.15) is 0 Å². The van der Waals surface area contributed by atoms with Crippen molar-refractivity contribution in [1.82, 2.24) is 0 Å². The Labute approximate surface area is 464 Å². The lowest BCUT2D eigenvalue weighted by Crippen LogP contribution is -2.51. The summed E-state index contributed by atoms with van der Waals surface area (Å²) in [6.45, 7) is 12.7. The Balaban J connectivity index is 3.69. The predicted molar refractivity (Wildman–Crippen MR) is 276 cm³/mol. The lowest BCUT2D eigenvalue weighted by molar-refractivity contribution is -0.186. The highest BCUT2D eigenvalue weighted by molar-refractivity contribution is 6.20. The van der Waals surface area contributed by atoms with Gasteiger partial charge in [-0.15, -0.1) is 0 Å². The third-order valence-electron chi connectivity index (χ3n) is 11.8. The van der Waals surface area contributed by atoms with Crippen molar-refractivity contribution in [3.8, 4) is 11.1 Å². The van der Waals surface area contributed by atoms with Crippen molar-refractivity contribution in [2.75, 3.05) is 79.3 Å². The molecule has 2 aromatic carbocycles. The first-order valence-corrected chi connectivity index (χ1v) is 26.4. The first kappa shape index (κ1) is 68.2. The normalized spacial score (nSPS) is 11.4. The number of esters is 12. The van der Waals surface area contributed by atoms with Gasteiger partial charge in [-0.1, -0.05) is 36.4 Å². The van der Waals surface area contributed by atoms with Crippen molar-refractivity contribution in [1.29, 1.82) is 0 Å². The molecule has 0 unspecified atom stereocenters. The van der Waals surface area contributed by atoms with Crippen LogP contribution in [0.5, 0.6) is 0 Å². The van der Waals surface area contributed by atoms with E-state index in [1.807, 2.05) is 0 Å². The van der Waals surface area contributed by atoms with E-state index in [0.29, 0.717) is 0 Å². The summed E-state index contributed by atoms with van der Waals surface area (Å²) in [7, 11) is 0. The van der Waals surface area contributed by atoms with Gasteiger partial charge in [0.2, 0.25) is 0 Å². The summed E-state index contributed by atoms with van der Waals surface area (Å²) in [6, 6.07) is 7.64. The van der Waals surface area contributed by atoms with Crippen LogP contribution in [0.4, 0.5) is 0 Å². The Morgan fingerprint density at radius 2 is 0.338 bits per heavy atom. The van der Waals surface area contributed by atoms with E-state index in [2.05, 4.69) is 0 Å². The minimum Gasteiger partial charge on any atom is -0.465 e. The smallest absolute Gasteiger partial charge is 0.335 e. The second kappa shape index (κ2) is 32.2. The molecule has 0 fully saturated rings. The molecule has 0 amide bonds. The number of hydrogen-bond acceptors (Lipinski definition) is 24. The Bertz CT molecular complexity index is 2040. The van der Waals surface area contributed by atoms with Crippen LogP contribution in [0.1, 0.15) is 105 Å². The predicted octanol–water partition coefficient (Wildman–Crippen LogP) is 4.23. The lowest BCUT2D eigenvalue weighted by atomic mass is 9.76. The maximum atomic E-state index is 14.2. The molecule has 0 radical (unpaired) electrons. The number of carbonyl (C=O) groups excluding carboxylic acids is 12. The zero-order valence-corrected chi connectivity index (χ0v) is 47.6. The molecule has 0 aliphatic heterocycles. The lowest BCUT2D eigenvalue weighted by Gasteiger charge is -2.29. The fraction of sp³-hybridized carbons (Fsp3) is 0.571. The average Bonchev–Trinajstić information content (AvgIpc) is 3.40.